The number of carbonyl (C=O) groups is 2. The van der Waals surface area contributed by atoms with Crippen molar-refractivity contribution >= 4 is 17.6 Å². The van der Waals surface area contributed by atoms with Crippen LogP contribution in [0.15, 0.2) is 46.2 Å². The summed E-state index contributed by atoms with van der Waals surface area (Å²) in [6.07, 6.45) is 1.52. The molecular weight excluding hydrogens is 368 g/mol. The Bertz CT molecular complexity index is 861. The molecule has 0 radical (unpaired) electrons. The van der Waals surface area contributed by atoms with Crippen LogP contribution in [-0.2, 0) is 19.2 Å². The maximum atomic E-state index is 11.8. The predicted octanol–water partition coefficient (Wildman–Crippen LogP) is 2.17. The lowest BCUT2D eigenvalue weighted by Gasteiger charge is -2.11. The third kappa shape index (κ3) is 5.03. The Morgan fingerprint density at radius 2 is 2.04 bits per heavy atom. The number of nitrogens with zero attached hydrogens (tertiary/aromatic N) is 1. The van der Waals surface area contributed by atoms with Gasteiger partial charge in [-0.15, -0.1) is 0 Å². The van der Waals surface area contributed by atoms with Crippen molar-refractivity contribution in [3.05, 3.63) is 47.9 Å². The Morgan fingerprint density at radius 1 is 1.21 bits per heavy atom. The topological polar surface area (TPSA) is 109 Å². The fraction of sp³-hybridized carbons (Fsp3) is 0.316. The Kier molecular flexibility index (Phi) is 6.15. The number of hydrogen-bond acceptors (Lipinski definition) is 8. The lowest BCUT2D eigenvalue weighted by atomic mass is 10.1. The second-order valence-corrected chi connectivity index (χ2v) is 5.98. The van der Waals surface area contributed by atoms with Crippen molar-refractivity contribution in [1.29, 1.82) is 0 Å². The molecule has 28 heavy (non-hydrogen) atoms. The Morgan fingerprint density at radius 3 is 2.82 bits per heavy atom. The number of benzene rings is 1. The van der Waals surface area contributed by atoms with E-state index in [-0.39, 0.29) is 12.8 Å². The smallest absolute Gasteiger partial charge is 0.347 e. The maximum Gasteiger partial charge on any atom is 0.347 e. The van der Waals surface area contributed by atoms with E-state index in [1.54, 1.807) is 44.2 Å². The van der Waals surface area contributed by atoms with Gasteiger partial charge in [-0.1, -0.05) is 5.16 Å². The molecule has 0 fully saturated rings. The molecule has 1 unspecified atom stereocenters. The minimum Gasteiger partial charge on any atom is -0.467 e. The van der Waals surface area contributed by atoms with Gasteiger partial charge in [0.25, 0.3) is 5.91 Å². The zero-order chi connectivity index (χ0) is 19.9. The van der Waals surface area contributed by atoms with Crippen molar-refractivity contribution in [3.8, 4) is 11.5 Å². The predicted molar refractivity (Wildman–Crippen MR) is 97.0 cm³/mol. The second-order valence-electron chi connectivity index (χ2n) is 5.98. The number of ether oxygens (including phenoxy) is 3. The molecule has 0 spiro atoms. The van der Waals surface area contributed by atoms with E-state index in [1.165, 1.54) is 6.26 Å². The first-order valence-electron chi connectivity index (χ1n) is 8.58. The number of carbonyl (C=O) groups excluding carboxylic acids is 2. The standard InChI is InChI=1S/C19H20N2O7/c1-12(14-5-6-16-17(8-14)27-11-26-16)21-28-10-19(23)25-9-18(22)20-13(2)15-4-3-7-24-15/h3-8,13H,9-11H2,1-2H3,(H,20,22)/b21-12+. The summed E-state index contributed by atoms with van der Waals surface area (Å²) in [5.41, 5.74) is 1.32. The zero-order valence-electron chi connectivity index (χ0n) is 15.5. The van der Waals surface area contributed by atoms with Crippen LogP contribution in [0, 0.1) is 0 Å². The summed E-state index contributed by atoms with van der Waals surface area (Å²) in [6.45, 7) is 2.84. The first-order chi connectivity index (χ1) is 13.5. The molecule has 1 atom stereocenters. The van der Waals surface area contributed by atoms with Crippen molar-refractivity contribution in [1.82, 2.24) is 5.32 Å². The molecule has 0 saturated carbocycles. The molecule has 1 aromatic carbocycles. The zero-order valence-corrected chi connectivity index (χ0v) is 15.5. The monoisotopic (exact) mass is 388 g/mol. The molecule has 9 heteroatoms. The molecule has 0 bridgehead atoms. The number of fused-ring (bicyclic) bond motifs is 1. The molecule has 2 aromatic rings. The van der Waals surface area contributed by atoms with Crippen LogP contribution in [0.2, 0.25) is 0 Å². The third-order valence-electron chi connectivity index (χ3n) is 3.89. The molecule has 1 N–H and O–H groups in total. The number of furan rings is 1. The highest BCUT2D eigenvalue weighted by atomic mass is 16.7. The fourth-order valence-electron chi connectivity index (χ4n) is 2.44. The number of oxime groups is 1. The van der Waals surface area contributed by atoms with Crippen molar-refractivity contribution in [2.24, 2.45) is 5.16 Å². The highest BCUT2D eigenvalue weighted by Gasteiger charge is 2.15. The summed E-state index contributed by atoms with van der Waals surface area (Å²) < 4.78 is 20.6. The fourth-order valence-corrected chi connectivity index (χ4v) is 2.44. The van der Waals surface area contributed by atoms with Crippen LogP contribution in [0.25, 0.3) is 0 Å². The lowest BCUT2D eigenvalue weighted by molar-refractivity contribution is -0.153. The van der Waals surface area contributed by atoms with E-state index in [9.17, 15) is 9.59 Å². The van der Waals surface area contributed by atoms with Gasteiger partial charge in [-0.05, 0) is 44.2 Å². The Hall–Kier alpha value is -3.49. The van der Waals surface area contributed by atoms with E-state index in [2.05, 4.69) is 10.5 Å². The Labute approximate surface area is 161 Å². The molecule has 1 aliphatic rings. The highest BCUT2D eigenvalue weighted by Crippen LogP contribution is 2.32. The van der Waals surface area contributed by atoms with Gasteiger partial charge in [-0.2, -0.15) is 0 Å². The summed E-state index contributed by atoms with van der Waals surface area (Å²) >= 11 is 0. The van der Waals surface area contributed by atoms with Gasteiger partial charge in [0.1, 0.15) is 5.76 Å². The first-order valence-corrected chi connectivity index (χ1v) is 8.58. The van der Waals surface area contributed by atoms with Gasteiger partial charge in [0, 0.05) is 5.56 Å². The average Bonchev–Trinajstić information content (AvgIpc) is 3.37. The van der Waals surface area contributed by atoms with Gasteiger partial charge in [0.2, 0.25) is 13.4 Å². The molecule has 2 heterocycles. The highest BCUT2D eigenvalue weighted by molar-refractivity contribution is 5.99. The molecule has 3 rings (SSSR count). The van der Waals surface area contributed by atoms with Gasteiger partial charge < -0.3 is 28.8 Å². The summed E-state index contributed by atoms with van der Waals surface area (Å²) in [4.78, 5) is 28.5. The van der Waals surface area contributed by atoms with Crippen molar-refractivity contribution in [2.75, 3.05) is 20.0 Å². The van der Waals surface area contributed by atoms with Gasteiger partial charge in [-0.3, -0.25) is 4.79 Å². The van der Waals surface area contributed by atoms with Crippen molar-refractivity contribution in [2.45, 2.75) is 19.9 Å². The molecule has 0 saturated heterocycles. The number of rotatable bonds is 8. The molecule has 1 aliphatic heterocycles. The van der Waals surface area contributed by atoms with Crippen LogP contribution in [0.3, 0.4) is 0 Å². The largest absolute Gasteiger partial charge is 0.467 e. The maximum absolute atomic E-state index is 11.8. The van der Waals surface area contributed by atoms with Gasteiger partial charge in [0.05, 0.1) is 18.0 Å². The lowest BCUT2D eigenvalue weighted by Crippen LogP contribution is -2.31. The molecule has 0 aliphatic carbocycles. The van der Waals surface area contributed by atoms with E-state index in [0.29, 0.717) is 23.0 Å². The SMILES string of the molecule is C/C(=N\OCC(=O)OCC(=O)NC(C)c1ccco1)c1ccc2c(c1)OCO2. The van der Waals surface area contributed by atoms with Crippen LogP contribution in [-0.4, -0.2) is 37.6 Å². The normalized spacial score (nSPS) is 13.7. The van der Waals surface area contributed by atoms with Crippen LogP contribution in [0.5, 0.6) is 11.5 Å². The summed E-state index contributed by atoms with van der Waals surface area (Å²) in [5.74, 6) is 0.749. The van der Waals surface area contributed by atoms with E-state index in [1.807, 2.05) is 0 Å². The van der Waals surface area contributed by atoms with Crippen LogP contribution >= 0.6 is 0 Å². The van der Waals surface area contributed by atoms with E-state index >= 15 is 0 Å². The van der Waals surface area contributed by atoms with Crippen LogP contribution in [0.4, 0.5) is 0 Å². The minimum absolute atomic E-state index is 0.186. The van der Waals surface area contributed by atoms with Crippen molar-refractivity contribution < 1.29 is 33.1 Å². The second kappa shape index (κ2) is 8.94. The molecular formula is C19H20N2O7. The number of nitrogens with one attached hydrogen (secondary N) is 1. The van der Waals surface area contributed by atoms with E-state index in [0.717, 1.165) is 5.56 Å². The number of hydrogen-bond donors (Lipinski definition) is 1. The third-order valence-corrected chi connectivity index (χ3v) is 3.89. The van der Waals surface area contributed by atoms with Gasteiger partial charge in [0.15, 0.2) is 18.1 Å². The summed E-state index contributed by atoms with van der Waals surface area (Å²) in [6, 6.07) is 8.48. The number of esters is 1. The summed E-state index contributed by atoms with van der Waals surface area (Å²) in [7, 11) is 0. The van der Waals surface area contributed by atoms with Crippen LogP contribution < -0.4 is 14.8 Å². The van der Waals surface area contributed by atoms with E-state index < -0.39 is 25.1 Å². The molecule has 1 aromatic heterocycles. The molecule has 1 amide bonds. The Balaban J connectivity index is 1.39. The van der Waals surface area contributed by atoms with Crippen molar-refractivity contribution in [3.63, 3.8) is 0 Å². The van der Waals surface area contributed by atoms with Gasteiger partial charge >= 0.3 is 5.97 Å². The first kappa shape index (κ1) is 19.3. The number of amides is 1. The van der Waals surface area contributed by atoms with Crippen LogP contribution in [0.1, 0.15) is 31.2 Å². The average molecular weight is 388 g/mol. The minimum atomic E-state index is -0.706. The van der Waals surface area contributed by atoms with Gasteiger partial charge in [-0.25, -0.2) is 4.79 Å². The quantitative estimate of drug-likeness (QED) is 0.419. The molecule has 148 valence electrons. The molecule has 9 nitrogen and oxygen atoms in total. The summed E-state index contributed by atoms with van der Waals surface area (Å²) in [5, 5.41) is 6.53. The van der Waals surface area contributed by atoms with E-state index in [4.69, 9.17) is 23.5 Å².